The molecule has 0 bridgehead atoms. The van der Waals surface area contributed by atoms with Crippen molar-refractivity contribution in [2.75, 3.05) is 5.32 Å². The average Bonchev–Trinajstić information content (AvgIpc) is 2.83. The lowest BCUT2D eigenvalue weighted by Gasteiger charge is -2.23. The van der Waals surface area contributed by atoms with E-state index in [4.69, 9.17) is 0 Å². The Morgan fingerprint density at radius 1 is 1.18 bits per heavy atom. The smallest absolute Gasteiger partial charge is 0.258 e. The van der Waals surface area contributed by atoms with E-state index in [1.165, 1.54) is 0 Å². The number of hydrogen-bond acceptors (Lipinski definition) is 3. The van der Waals surface area contributed by atoms with Crippen LogP contribution in [-0.4, -0.2) is 20.7 Å². The number of carbonyl (C=O) groups is 1. The second-order valence-corrected chi connectivity index (χ2v) is 7.44. The molecule has 0 fully saturated rings. The van der Waals surface area contributed by atoms with Crippen LogP contribution in [0.2, 0.25) is 0 Å². The van der Waals surface area contributed by atoms with Crippen LogP contribution in [0.25, 0.3) is 0 Å². The SMILES string of the molecule is CC(C)(C)c1cc(NC(=O)c2cccnc2)n(C(C)(C)C)n1. The molecule has 2 heterocycles. The van der Waals surface area contributed by atoms with Gasteiger partial charge in [-0.1, -0.05) is 20.8 Å². The molecule has 0 radical (unpaired) electrons. The third kappa shape index (κ3) is 3.53. The van der Waals surface area contributed by atoms with Crippen LogP contribution in [0.4, 0.5) is 5.82 Å². The van der Waals surface area contributed by atoms with Gasteiger partial charge in [0.2, 0.25) is 0 Å². The van der Waals surface area contributed by atoms with E-state index in [0.717, 1.165) is 5.69 Å². The Labute approximate surface area is 131 Å². The average molecular weight is 300 g/mol. The van der Waals surface area contributed by atoms with Crippen LogP contribution in [-0.2, 0) is 11.0 Å². The van der Waals surface area contributed by atoms with Crippen LogP contribution >= 0.6 is 0 Å². The van der Waals surface area contributed by atoms with Gasteiger partial charge in [-0.25, -0.2) is 4.68 Å². The summed E-state index contributed by atoms with van der Waals surface area (Å²) in [5, 5.41) is 7.63. The Kier molecular flexibility index (Phi) is 4.09. The van der Waals surface area contributed by atoms with Gasteiger partial charge in [-0.05, 0) is 32.9 Å². The molecule has 2 rings (SSSR count). The number of anilines is 1. The normalized spacial score (nSPS) is 12.3. The van der Waals surface area contributed by atoms with Crippen molar-refractivity contribution < 1.29 is 4.79 Å². The van der Waals surface area contributed by atoms with Crippen molar-refractivity contribution in [1.82, 2.24) is 14.8 Å². The first-order valence-corrected chi connectivity index (χ1v) is 7.41. The van der Waals surface area contributed by atoms with E-state index in [1.54, 1.807) is 24.5 Å². The number of rotatable bonds is 2. The molecule has 0 saturated heterocycles. The monoisotopic (exact) mass is 300 g/mol. The van der Waals surface area contributed by atoms with Gasteiger partial charge in [0.1, 0.15) is 5.82 Å². The molecular formula is C17H24N4O. The topological polar surface area (TPSA) is 59.8 Å². The van der Waals surface area contributed by atoms with Crippen LogP contribution < -0.4 is 5.32 Å². The number of pyridine rings is 1. The van der Waals surface area contributed by atoms with Gasteiger partial charge >= 0.3 is 0 Å². The molecule has 1 N–H and O–H groups in total. The summed E-state index contributed by atoms with van der Waals surface area (Å²) in [5.41, 5.74) is 1.18. The first kappa shape index (κ1) is 16.2. The predicted molar refractivity (Wildman–Crippen MR) is 88.1 cm³/mol. The van der Waals surface area contributed by atoms with E-state index in [9.17, 15) is 4.79 Å². The molecule has 2 aromatic heterocycles. The number of carbonyl (C=O) groups excluding carboxylic acids is 1. The highest BCUT2D eigenvalue weighted by Gasteiger charge is 2.25. The second-order valence-electron chi connectivity index (χ2n) is 7.44. The maximum atomic E-state index is 12.4. The fourth-order valence-corrected chi connectivity index (χ4v) is 2.03. The quantitative estimate of drug-likeness (QED) is 0.922. The zero-order valence-electron chi connectivity index (χ0n) is 14.1. The highest BCUT2D eigenvalue weighted by atomic mass is 16.1. The number of nitrogens with zero attached hydrogens (tertiary/aromatic N) is 3. The summed E-state index contributed by atoms with van der Waals surface area (Å²) in [6.07, 6.45) is 3.20. The number of amides is 1. The molecule has 0 unspecified atom stereocenters. The van der Waals surface area contributed by atoms with E-state index in [2.05, 4.69) is 56.9 Å². The number of aromatic nitrogens is 3. The van der Waals surface area contributed by atoms with E-state index in [-0.39, 0.29) is 16.9 Å². The Morgan fingerprint density at radius 2 is 1.86 bits per heavy atom. The molecule has 0 aliphatic rings. The highest BCUT2D eigenvalue weighted by molar-refractivity contribution is 6.03. The van der Waals surface area contributed by atoms with E-state index < -0.39 is 0 Å². The van der Waals surface area contributed by atoms with Crippen molar-refractivity contribution in [2.45, 2.75) is 52.5 Å². The molecule has 0 aliphatic heterocycles. The Morgan fingerprint density at radius 3 is 2.36 bits per heavy atom. The Balaban J connectivity index is 2.38. The zero-order chi connectivity index (χ0) is 16.5. The molecule has 2 aromatic rings. The fourth-order valence-electron chi connectivity index (χ4n) is 2.03. The van der Waals surface area contributed by atoms with Crippen LogP contribution in [0.5, 0.6) is 0 Å². The molecule has 0 saturated carbocycles. The maximum absolute atomic E-state index is 12.4. The minimum atomic E-state index is -0.221. The minimum Gasteiger partial charge on any atom is -0.307 e. The van der Waals surface area contributed by atoms with Crippen molar-refractivity contribution >= 4 is 11.7 Å². The van der Waals surface area contributed by atoms with Crippen molar-refractivity contribution in [3.8, 4) is 0 Å². The van der Waals surface area contributed by atoms with Gasteiger partial charge in [0, 0.05) is 23.9 Å². The van der Waals surface area contributed by atoms with Crippen molar-refractivity contribution in [1.29, 1.82) is 0 Å². The van der Waals surface area contributed by atoms with Crippen molar-refractivity contribution in [3.63, 3.8) is 0 Å². The van der Waals surface area contributed by atoms with Crippen molar-refractivity contribution in [3.05, 3.63) is 41.9 Å². The lowest BCUT2D eigenvalue weighted by molar-refractivity contribution is 0.102. The summed E-state index contributed by atoms with van der Waals surface area (Å²) in [7, 11) is 0. The van der Waals surface area contributed by atoms with Gasteiger partial charge in [0.05, 0.1) is 16.8 Å². The summed E-state index contributed by atoms with van der Waals surface area (Å²) in [6, 6.07) is 5.43. The number of nitrogens with one attached hydrogen (secondary N) is 1. The van der Waals surface area contributed by atoms with Gasteiger partial charge in [-0.15, -0.1) is 0 Å². The highest BCUT2D eigenvalue weighted by Crippen LogP contribution is 2.28. The summed E-state index contributed by atoms with van der Waals surface area (Å²) in [4.78, 5) is 16.3. The molecule has 1 amide bonds. The summed E-state index contributed by atoms with van der Waals surface area (Å²) in [6.45, 7) is 12.5. The summed E-state index contributed by atoms with van der Waals surface area (Å²) in [5.74, 6) is 0.519. The summed E-state index contributed by atoms with van der Waals surface area (Å²) < 4.78 is 1.86. The van der Waals surface area contributed by atoms with Crippen LogP contribution in [0, 0.1) is 0 Å². The number of hydrogen-bond donors (Lipinski definition) is 1. The Bertz CT molecular complexity index is 660. The molecule has 118 valence electrons. The first-order chi connectivity index (χ1) is 10.1. The third-order valence-electron chi connectivity index (χ3n) is 3.28. The standard InChI is InChI=1S/C17H24N4O/c1-16(2,3)13-10-14(21(20-13)17(4,5)6)19-15(22)12-8-7-9-18-11-12/h7-11H,1-6H3,(H,19,22). The zero-order valence-corrected chi connectivity index (χ0v) is 14.1. The first-order valence-electron chi connectivity index (χ1n) is 7.41. The largest absolute Gasteiger partial charge is 0.307 e. The Hall–Kier alpha value is -2.17. The fraction of sp³-hybridized carbons (Fsp3) is 0.471. The lowest BCUT2D eigenvalue weighted by atomic mass is 9.92. The molecular weight excluding hydrogens is 276 g/mol. The van der Waals surface area contributed by atoms with Gasteiger partial charge in [0.15, 0.2) is 0 Å². The third-order valence-corrected chi connectivity index (χ3v) is 3.28. The molecule has 0 atom stereocenters. The molecule has 5 heteroatoms. The van der Waals surface area contributed by atoms with Gasteiger partial charge in [-0.3, -0.25) is 9.78 Å². The van der Waals surface area contributed by atoms with E-state index in [0.29, 0.717) is 11.4 Å². The van der Waals surface area contributed by atoms with Crippen LogP contribution in [0.15, 0.2) is 30.6 Å². The molecule has 22 heavy (non-hydrogen) atoms. The molecule has 0 aliphatic carbocycles. The van der Waals surface area contributed by atoms with Gasteiger partial charge in [-0.2, -0.15) is 5.10 Å². The second kappa shape index (κ2) is 5.55. The molecule has 5 nitrogen and oxygen atoms in total. The van der Waals surface area contributed by atoms with Crippen LogP contribution in [0.1, 0.15) is 57.6 Å². The minimum absolute atomic E-state index is 0.0791. The molecule has 0 spiro atoms. The van der Waals surface area contributed by atoms with E-state index >= 15 is 0 Å². The van der Waals surface area contributed by atoms with E-state index in [1.807, 2.05) is 10.7 Å². The van der Waals surface area contributed by atoms with Gasteiger partial charge in [0.25, 0.3) is 5.91 Å². The predicted octanol–water partition coefficient (Wildman–Crippen LogP) is 3.58. The van der Waals surface area contributed by atoms with Crippen molar-refractivity contribution in [2.24, 2.45) is 0 Å². The van der Waals surface area contributed by atoms with Gasteiger partial charge < -0.3 is 5.32 Å². The molecule has 0 aromatic carbocycles. The lowest BCUT2D eigenvalue weighted by Crippen LogP contribution is -2.27. The van der Waals surface area contributed by atoms with Crippen LogP contribution in [0.3, 0.4) is 0 Å². The summed E-state index contributed by atoms with van der Waals surface area (Å²) >= 11 is 0. The maximum Gasteiger partial charge on any atom is 0.258 e.